The lowest BCUT2D eigenvalue weighted by molar-refractivity contribution is 0.0380. The number of nitrogens with one attached hydrogen (secondary N) is 1. The number of alkyl carbamates (subject to hydrolysis) is 1. The number of carbonyl (C=O) groups is 2. The second-order valence-electron chi connectivity index (χ2n) is 7.56. The SMILES string of the molecule is Cc1nn(CCOCCOCCNC(=O)OC(C)(C)C)c2cc(C(N)=O)ccc12. The van der Waals surface area contributed by atoms with Gasteiger partial charge in [-0.2, -0.15) is 5.10 Å². The number of rotatable bonds is 10. The van der Waals surface area contributed by atoms with E-state index in [2.05, 4.69) is 10.4 Å². The van der Waals surface area contributed by atoms with Crippen LogP contribution in [0.2, 0.25) is 0 Å². The molecule has 9 nitrogen and oxygen atoms in total. The molecule has 1 aromatic carbocycles. The molecule has 0 saturated carbocycles. The first-order valence-electron chi connectivity index (χ1n) is 9.56. The van der Waals surface area contributed by atoms with E-state index in [0.717, 1.165) is 16.6 Å². The molecule has 0 fully saturated rings. The van der Waals surface area contributed by atoms with Crippen LogP contribution >= 0.6 is 0 Å². The fourth-order valence-electron chi connectivity index (χ4n) is 2.68. The third-order valence-electron chi connectivity index (χ3n) is 3.95. The van der Waals surface area contributed by atoms with Crippen molar-refractivity contribution in [2.75, 3.05) is 33.0 Å². The lowest BCUT2D eigenvalue weighted by Crippen LogP contribution is -2.34. The number of hydrogen-bond acceptors (Lipinski definition) is 6. The summed E-state index contributed by atoms with van der Waals surface area (Å²) in [6.45, 7) is 9.94. The molecular weight excluding hydrogens is 376 g/mol. The summed E-state index contributed by atoms with van der Waals surface area (Å²) in [6.07, 6.45) is -0.460. The molecule has 1 aromatic heterocycles. The van der Waals surface area contributed by atoms with Crippen molar-refractivity contribution >= 4 is 22.9 Å². The average Bonchev–Trinajstić information content (AvgIpc) is 2.94. The highest BCUT2D eigenvalue weighted by Gasteiger charge is 2.15. The molecule has 0 radical (unpaired) electrons. The minimum Gasteiger partial charge on any atom is -0.444 e. The van der Waals surface area contributed by atoms with Gasteiger partial charge in [-0.25, -0.2) is 4.79 Å². The largest absolute Gasteiger partial charge is 0.444 e. The number of nitrogens with two attached hydrogens (primary N) is 1. The van der Waals surface area contributed by atoms with Gasteiger partial charge in [-0.05, 0) is 39.8 Å². The molecule has 3 N–H and O–H groups in total. The van der Waals surface area contributed by atoms with Gasteiger partial charge in [0.25, 0.3) is 0 Å². The zero-order valence-electron chi connectivity index (χ0n) is 17.5. The van der Waals surface area contributed by atoms with Gasteiger partial charge in [0.1, 0.15) is 5.60 Å². The molecule has 0 bridgehead atoms. The van der Waals surface area contributed by atoms with E-state index in [4.69, 9.17) is 19.9 Å². The molecule has 0 unspecified atom stereocenters. The third-order valence-corrected chi connectivity index (χ3v) is 3.95. The maximum Gasteiger partial charge on any atom is 0.407 e. The number of primary amides is 1. The normalized spacial score (nSPS) is 11.6. The van der Waals surface area contributed by atoms with Crippen molar-refractivity contribution in [2.45, 2.75) is 39.8 Å². The zero-order valence-corrected chi connectivity index (χ0v) is 17.5. The summed E-state index contributed by atoms with van der Waals surface area (Å²) >= 11 is 0. The summed E-state index contributed by atoms with van der Waals surface area (Å²) in [5, 5.41) is 8.10. The van der Waals surface area contributed by atoms with E-state index in [1.54, 1.807) is 12.1 Å². The highest BCUT2D eigenvalue weighted by molar-refractivity contribution is 5.97. The average molecular weight is 406 g/mol. The van der Waals surface area contributed by atoms with Crippen molar-refractivity contribution in [2.24, 2.45) is 5.73 Å². The monoisotopic (exact) mass is 406 g/mol. The predicted octanol–water partition coefficient (Wildman–Crippen LogP) is 2.00. The molecule has 29 heavy (non-hydrogen) atoms. The second kappa shape index (κ2) is 10.2. The van der Waals surface area contributed by atoms with Crippen LogP contribution in [0.15, 0.2) is 18.2 Å². The Hall–Kier alpha value is -2.65. The van der Waals surface area contributed by atoms with E-state index in [1.165, 1.54) is 0 Å². The van der Waals surface area contributed by atoms with E-state index in [0.29, 0.717) is 45.1 Å². The van der Waals surface area contributed by atoms with E-state index < -0.39 is 17.6 Å². The van der Waals surface area contributed by atoms with E-state index in [9.17, 15) is 9.59 Å². The minimum atomic E-state index is -0.515. The van der Waals surface area contributed by atoms with Crippen LogP contribution in [0.25, 0.3) is 10.9 Å². The van der Waals surface area contributed by atoms with Crippen LogP contribution in [0.4, 0.5) is 4.79 Å². The molecule has 9 heteroatoms. The maximum absolute atomic E-state index is 11.5. The maximum atomic E-state index is 11.5. The molecule has 0 atom stereocenters. The van der Waals surface area contributed by atoms with Crippen LogP contribution in [0.5, 0.6) is 0 Å². The van der Waals surface area contributed by atoms with Crippen molar-refractivity contribution in [1.29, 1.82) is 0 Å². The van der Waals surface area contributed by atoms with Crippen LogP contribution < -0.4 is 11.1 Å². The summed E-state index contributed by atoms with van der Waals surface area (Å²) in [7, 11) is 0. The summed E-state index contributed by atoms with van der Waals surface area (Å²) in [5.41, 5.74) is 7.03. The van der Waals surface area contributed by atoms with Crippen molar-refractivity contribution in [1.82, 2.24) is 15.1 Å². The molecule has 0 aliphatic carbocycles. The number of carbonyl (C=O) groups excluding carboxylic acids is 2. The Bertz CT molecular complexity index is 841. The molecule has 2 amide bonds. The van der Waals surface area contributed by atoms with Gasteiger partial charge in [0.05, 0.1) is 44.2 Å². The van der Waals surface area contributed by atoms with Gasteiger partial charge in [0.15, 0.2) is 0 Å². The number of benzene rings is 1. The number of aryl methyl sites for hydroxylation is 1. The molecule has 0 spiro atoms. The Balaban J connectivity index is 1.64. The van der Waals surface area contributed by atoms with Crippen LogP contribution in [-0.4, -0.2) is 60.4 Å². The number of hydrogen-bond donors (Lipinski definition) is 2. The Kier molecular flexibility index (Phi) is 7.98. The van der Waals surface area contributed by atoms with Crippen molar-refractivity contribution in [3.05, 3.63) is 29.5 Å². The highest BCUT2D eigenvalue weighted by Crippen LogP contribution is 2.19. The number of fused-ring (bicyclic) bond motifs is 1. The van der Waals surface area contributed by atoms with Gasteiger partial charge in [-0.15, -0.1) is 0 Å². The van der Waals surface area contributed by atoms with Gasteiger partial charge >= 0.3 is 6.09 Å². The Morgan fingerprint density at radius 3 is 2.48 bits per heavy atom. The summed E-state index contributed by atoms with van der Waals surface area (Å²) in [6, 6.07) is 5.31. The van der Waals surface area contributed by atoms with Gasteiger partial charge in [-0.3, -0.25) is 9.48 Å². The zero-order chi connectivity index (χ0) is 21.4. The molecule has 0 saturated heterocycles. The standard InChI is InChI=1S/C20H30N4O5/c1-14-16-6-5-15(18(21)25)13-17(16)24(23-14)8-10-28-12-11-27-9-7-22-19(26)29-20(2,3)4/h5-6,13H,7-12H2,1-4H3,(H2,21,25)(H,22,26). The van der Waals surface area contributed by atoms with Crippen molar-refractivity contribution < 1.29 is 23.8 Å². The lowest BCUT2D eigenvalue weighted by Gasteiger charge is -2.19. The molecule has 1 heterocycles. The summed E-state index contributed by atoms with van der Waals surface area (Å²) in [4.78, 5) is 22.9. The van der Waals surface area contributed by atoms with Crippen molar-refractivity contribution in [3.63, 3.8) is 0 Å². The Labute approximate surface area is 170 Å². The first kappa shape index (κ1) is 22.6. The van der Waals surface area contributed by atoms with E-state index in [1.807, 2.05) is 38.4 Å². The fraction of sp³-hybridized carbons (Fsp3) is 0.550. The minimum absolute atomic E-state index is 0.371. The Morgan fingerprint density at radius 2 is 1.83 bits per heavy atom. The van der Waals surface area contributed by atoms with Crippen LogP contribution in [0, 0.1) is 6.92 Å². The Morgan fingerprint density at radius 1 is 1.14 bits per heavy atom. The predicted molar refractivity (Wildman–Crippen MR) is 109 cm³/mol. The molecule has 160 valence electrons. The first-order chi connectivity index (χ1) is 13.7. The van der Waals surface area contributed by atoms with Gasteiger partial charge in [0, 0.05) is 17.5 Å². The molecular formula is C20H30N4O5. The molecule has 2 rings (SSSR count). The smallest absolute Gasteiger partial charge is 0.407 e. The highest BCUT2D eigenvalue weighted by atomic mass is 16.6. The van der Waals surface area contributed by atoms with Gasteiger partial charge < -0.3 is 25.3 Å². The van der Waals surface area contributed by atoms with E-state index in [-0.39, 0.29) is 0 Å². The van der Waals surface area contributed by atoms with Crippen LogP contribution in [0.3, 0.4) is 0 Å². The van der Waals surface area contributed by atoms with Crippen LogP contribution in [-0.2, 0) is 20.8 Å². The van der Waals surface area contributed by atoms with Gasteiger partial charge in [-0.1, -0.05) is 6.07 Å². The number of nitrogens with zero attached hydrogens (tertiary/aromatic N) is 2. The quantitative estimate of drug-likeness (QED) is 0.583. The van der Waals surface area contributed by atoms with Gasteiger partial charge in [0.2, 0.25) is 5.91 Å². The summed E-state index contributed by atoms with van der Waals surface area (Å²) < 4.78 is 17.9. The number of aromatic nitrogens is 2. The molecule has 2 aromatic rings. The second-order valence-corrected chi connectivity index (χ2v) is 7.56. The van der Waals surface area contributed by atoms with E-state index >= 15 is 0 Å². The van der Waals surface area contributed by atoms with Crippen LogP contribution in [0.1, 0.15) is 36.8 Å². The fourth-order valence-corrected chi connectivity index (χ4v) is 2.68. The topological polar surface area (TPSA) is 118 Å². The molecule has 0 aliphatic heterocycles. The summed E-state index contributed by atoms with van der Waals surface area (Å²) in [5.74, 6) is -0.466. The van der Waals surface area contributed by atoms with Crippen molar-refractivity contribution in [3.8, 4) is 0 Å². The molecule has 0 aliphatic rings. The third kappa shape index (κ3) is 7.35. The first-order valence-corrected chi connectivity index (χ1v) is 9.56. The number of amides is 2. The lowest BCUT2D eigenvalue weighted by atomic mass is 10.1. The number of ether oxygens (including phenoxy) is 3.